The van der Waals surface area contributed by atoms with Crippen LogP contribution in [-0.2, 0) is 35.4 Å². The SMILES string of the molecule is CCOC(=O)C(COC(=O)Oc1c(F)cc(NC(=O)c2ccccc2-c2ccc(C(F)(F)F)cc2)c(C(=O)N(C)C)c1F)(C(=O)OCC)c1nccs1. The number of hydrogen-bond donors (Lipinski definition) is 1. The van der Waals surface area contributed by atoms with Crippen molar-refractivity contribution in [1.82, 2.24) is 9.88 Å². The van der Waals surface area contributed by atoms with Crippen molar-refractivity contribution >= 4 is 46.9 Å². The second kappa shape index (κ2) is 16.6. The van der Waals surface area contributed by atoms with E-state index in [1.54, 1.807) is 0 Å². The number of anilines is 1. The molecule has 1 aromatic heterocycles. The van der Waals surface area contributed by atoms with Crippen molar-refractivity contribution in [3.63, 3.8) is 0 Å². The third-order valence-electron chi connectivity index (χ3n) is 7.38. The van der Waals surface area contributed by atoms with E-state index in [9.17, 15) is 37.1 Å². The average Bonchev–Trinajstić information content (AvgIpc) is 3.65. The number of ether oxygens (including phenoxy) is 4. The molecule has 1 heterocycles. The predicted octanol–water partition coefficient (Wildman–Crippen LogP) is 6.64. The molecular formula is C35H30F5N3O9S. The largest absolute Gasteiger partial charge is 0.514 e. The van der Waals surface area contributed by atoms with E-state index in [0.29, 0.717) is 6.07 Å². The number of aromatic nitrogens is 1. The van der Waals surface area contributed by atoms with Gasteiger partial charge in [0, 0.05) is 37.3 Å². The number of nitrogens with one attached hydrogen (secondary N) is 1. The number of thiazole rings is 1. The maximum atomic E-state index is 16.0. The van der Waals surface area contributed by atoms with Crippen LogP contribution in [0.1, 0.15) is 45.1 Å². The minimum Gasteiger partial charge on any atom is -0.465 e. The minimum absolute atomic E-state index is 0.132. The van der Waals surface area contributed by atoms with Gasteiger partial charge in [0.2, 0.25) is 11.2 Å². The molecule has 53 heavy (non-hydrogen) atoms. The first-order chi connectivity index (χ1) is 25.1. The van der Waals surface area contributed by atoms with Crippen LogP contribution in [0.5, 0.6) is 5.75 Å². The summed E-state index contributed by atoms with van der Waals surface area (Å²) in [7, 11) is 2.43. The number of hydrogen-bond acceptors (Lipinski definition) is 11. The Balaban J connectivity index is 1.67. The molecule has 0 saturated heterocycles. The number of alkyl halides is 3. The lowest BCUT2D eigenvalue weighted by Crippen LogP contribution is -2.50. The average molecular weight is 764 g/mol. The third kappa shape index (κ3) is 8.60. The third-order valence-corrected chi connectivity index (χ3v) is 8.31. The molecule has 12 nitrogen and oxygen atoms in total. The van der Waals surface area contributed by atoms with Gasteiger partial charge >= 0.3 is 24.3 Å². The Bertz CT molecular complexity index is 1990. The van der Waals surface area contributed by atoms with E-state index in [1.807, 2.05) is 0 Å². The Morgan fingerprint density at radius 2 is 1.51 bits per heavy atom. The second-order valence-corrected chi connectivity index (χ2v) is 11.9. The predicted molar refractivity (Wildman–Crippen MR) is 178 cm³/mol. The molecule has 0 saturated carbocycles. The van der Waals surface area contributed by atoms with Crippen molar-refractivity contribution in [2.45, 2.75) is 25.4 Å². The molecule has 0 spiro atoms. The van der Waals surface area contributed by atoms with E-state index in [2.05, 4.69) is 10.3 Å². The highest BCUT2D eigenvalue weighted by molar-refractivity contribution is 7.10. The van der Waals surface area contributed by atoms with Gasteiger partial charge in [0.1, 0.15) is 17.2 Å². The Morgan fingerprint density at radius 3 is 2.06 bits per heavy atom. The van der Waals surface area contributed by atoms with Crippen LogP contribution in [0.15, 0.2) is 66.2 Å². The van der Waals surface area contributed by atoms with Crippen LogP contribution in [0, 0.1) is 11.6 Å². The van der Waals surface area contributed by atoms with Gasteiger partial charge in [-0.15, -0.1) is 11.3 Å². The summed E-state index contributed by atoms with van der Waals surface area (Å²) in [5, 5.41) is 3.49. The van der Waals surface area contributed by atoms with E-state index in [1.165, 1.54) is 63.8 Å². The van der Waals surface area contributed by atoms with Crippen molar-refractivity contribution < 1.29 is 64.9 Å². The molecule has 280 valence electrons. The first-order valence-electron chi connectivity index (χ1n) is 15.5. The van der Waals surface area contributed by atoms with Crippen LogP contribution in [-0.4, -0.2) is 73.7 Å². The number of amides is 2. The number of rotatable bonds is 12. The summed E-state index contributed by atoms with van der Waals surface area (Å²) in [6.45, 7) is 1.38. The summed E-state index contributed by atoms with van der Waals surface area (Å²) in [5.41, 5.74) is -4.78. The normalized spacial score (nSPS) is 11.3. The molecule has 3 aromatic carbocycles. The fourth-order valence-corrected chi connectivity index (χ4v) is 5.65. The van der Waals surface area contributed by atoms with Gasteiger partial charge in [0.05, 0.1) is 24.5 Å². The highest BCUT2D eigenvalue weighted by Crippen LogP contribution is 2.36. The van der Waals surface area contributed by atoms with E-state index in [4.69, 9.17) is 18.9 Å². The Kier molecular flexibility index (Phi) is 12.5. The van der Waals surface area contributed by atoms with Crippen LogP contribution in [0.4, 0.5) is 32.4 Å². The number of nitrogens with zero attached hydrogens (tertiary/aromatic N) is 2. The summed E-state index contributed by atoms with van der Waals surface area (Å²) >= 11 is 0.830. The van der Waals surface area contributed by atoms with Gasteiger partial charge < -0.3 is 29.2 Å². The molecule has 0 fully saturated rings. The molecule has 4 aromatic rings. The zero-order valence-electron chi connectivity index (χ0n) is 28.3. The van der Waals surface area contributed by atoms with Crippen LogP contribution in [0.3, 0.4) is 0 Å². The van der Waals surface area contributed by atoms with Gasteiger partial charge in [-0.05, 0) is 43.2 Å². The van der Waals surface area contributed by atoms with Gasteiger partial charge in [0.25, 0.3) is 11.8 Å². The van der Waals surface area contributed by atoms with Gasteiger partial charge in [-0.25, -0.2) is 18.6 Å². The van der Waals surface area contributed by atoms with Gasteiger partial charge in [-0.2, -0.15) is 13.2 Å². The number of esters is 2. The van der Waals surface area contributed by atoms with Crippen molar-refractivity contribution in [1.29, 1.82) is 0 Å². The first kappa shape index (κ1) is 39.9. The molecular weight excluding hydrogens is 733 g/mol. The molecule has 0 radical (unpaired) electrons. The molecule has 0 aliphatic heterocycles. The van der Waals surface area contributed by atoms with Gasteiger partial charge in [-0.1, -0.05) is 30.3 Å². The van der Waals surface area contributed by atoms with Crippen molar-refractivity contribution in [2.75, 3.05) is 39.2 Å². The second-order valence-electron chi connectivity index (χ2n) is 11.0. The summed E-state index contributed by atoms with van der Waals surface area (Å²) in [4.78, 5) is 70.6. The fraction of sp³-hybridized carbons (Fsp3) is 0.257. The van der Waals surface area contributed by atoms with Crippen LogP contribution < -0.4 is 10.1 Å². The minimum atomic E-state index is -4.61. The lowest BCUT2D eigenvalue weighted by Gasteiger charge is -2.26. The maximum Gasteiger partial charge on any atom is 0.514 e. The maximum absolute atomic E-state index is 16.0. The molecule has 0 atom stereocenters. The van der Waals surface area contributed by atoms with Gasteiger partial charge in [-0.3, -0.25) is 19.2 Å². The highest BCUT2D eigenvalue weighted by Gasteiger charge is 2.54. The zero-order valence-corrected chi connectivity index (χ0v) is 29.2. The topological polar surface area (TPSA) is 150 Å². The Morgan fingerprint density at radius 1 is 0.887 bits per heavy atom. The molecule has 4 rings (SSSR count). The van der Waals surface area contributed by atoms with Crippen LogP contribution in [0.2, 0.25) is 0 Å². The molecule has 0 aliphatic rings. The molecule has 18 heteroatoms. The molecule has 0 aliphatic carbocycles. The highest BCUT2D eigenvalue weighted by atomic mass is 32.1. The zero-order chi connectivity index (χ0) is 39.1. The molecule has 2 amide bonds. The number of halogens is 5. The number of carbonyl (C=O) groups is 5. The van der Waals surface area contributed by atoms with Crippen molar-refractivity contribution in [2.24, 2.45) is 0 Å². The Hall–Kier alpha value is -5.91. The smallest absolute Gasteiger partial charge is 0.465 e. The van der Waals surface area contributed by atoms with E-state index in [-0.39, 0.29) is 34.9 Å². The fourth-order valence-electron chi connectivity index (χ4n) is 4.85. The van der Waals surface area contributed by atoms with E-state index in [0.717, 1.165) is 40.5 Å². The van der Waals surface area contributed by atoms with E-state index < -0.39 is 82.3 Å². The molecule has 1 N–H and O–H groups in total. The Labute approximate surface area is 302 Å². The first-order valence-corrected chi connectivity index (χ1v) is 16.3. The van der Waals surface area contributed by atoms with Crippen molar-refractivity contribution in [3.8, 4) is 16.9 Å². The number of carbonyl (C=O) groups excluding carboxylic acids is 5. The van der Waals surface area contributed by atoms with Crippen molar-refractivity contribution in [3.05, 3.63) is 99.5 Å². The number of benzene rings is 3. The van der Waals surface area contributed by atoms with Gasteiger partial charge in [0.15, 0.2) is 11.6 Å². The summed E-state index contributed by atoms with van der Waals surface area (Å²) in [6, 6.07) is 10.1. The summed E-state index contributed by atoms with van der Waals surface area (Å²) < 4.78 is 90.8. The summed E-state index contributed by atoms with van der Waals surface area (Å²) in [6.07, 6.45) is -5.17. The quantitative estimate of drug-likeness (QED) is 0.0547. The monoisotopic (exact) mass is 763 g/mol. The summed E-state index contributed by atoms with van der Waals surface area (Å²) in [5.74, 6) is -9.28. The van der Waals surface area contributed by atoms with E-state index >= 15 is 8.78 Å². The lowest BCUT2D eigenvalue weighted by molar-refractivity contribution is -0.167. The van der Waals surface area contributed by atoms with Crippen LogP contribution >= 0.6 is 11.3 Å². The lowest BCUT2D eigenvalue weighted by atomic mass is 9.89. The molecule has 0 bridgehead atoms. The standard InChI is InChI=1S/C35H30F5N3O9S/c1-5-49-31(46)34(32(47)50-6-2,30-41-15-16-53-30)18-51-33(48)52-27-23(36)17-24(25(26(27)37)29(45)43(3)4)42-28(44)22-10-8-7-9-21(22)19-11-13-20(14-12-19)35(38,39)40/h7-17H,5-6,18H2,1-4H3,(H,42,44). The van der Waals surface area contributed by atoms with Crippen LogP contribution in [0.25, 0.3) is 11.1 Å². The molecule has 0 unspecified atom stereocenters.